The largest absolute Gasteiger partial charge is 0.508 e. The molecule has 6 heteroatoms. The molecule has 24 heavy (non-hydrogen) atoms. The number of amides is 1. The summed E-state index contributed by atoms with van der Waals surface area (Å²) in [6.45, 7) is 0.696. The molecule has 0 unspecified atom stereocenters. The number of carbonyl (C=O) groups is 1. The summed E-state index contributed by atoms with van der Waals surface area (Å²) >= 11 is 3.49. The minimum atomic E-state index is -0.218. The van der Waals surface area contributed by atoms with Gasteiger partial charge in [-0.1, -0.05) is 15.9 Å². The number of hydrogen-bond acceptors (Lipinski definition) is 4. The Bertz CT molecular complexity index is 833. The lowest BCUT2D eigenvalue weighted by Crippen LogP contribution is -2.42. The molecule has 4 rings (SSSR count). The Balaban J connectivity index is 1.54. The fourth-order valence-corrected chi connectivity index (χ4v) is 3.63. The zero-order valence-corrected chi connectivity index (χ0v) is 14.5. The molecular weight excluding hydrogens is 370 g/mol. The Labute approximate surface area is 148 Å². The highest BCUT2D eigenvalue weighted by molar-refractivity contribution is 9.10. The molecule has 0 saturated carbocycles. The number of carbonyl (C=O) groups excluding carboxylic acids is 1. The molecule has 122 valence electrons. The van der Waals surface area contributed by atoms with Gasteiger partial charge in [0.2, 0.25) is 5.91 Å². The molecule has 5 nitrogen and oxygen atoms in total. The van der Waals surface area contributed by atoms with Crippen LogP contribution in [0.25, 0.3) is 0 Å². The van der Waals surface area contributed by atoms with E-state index in [1.165, 1.54) is 0 Å². The third kappa shape index (κ3) is 2.78. The number of aromatic hydroxyl groups is 1. The van der Waals surface area contributed by atoms with Crippen LogP contribution >= 0.6 is 15.9 Å². The number of rotatable bonds is 2. The van der Waals surface area contributed by atoms with Crippen LogP contribution < -0.4 is 5.32 Å². The third-order valence-electron chi connectivity index (χ3n) is 4.42. The number of nitrogens with zero attached hydrogens (tertiary/aromatic N) is 2. The Morgan fingerprint density at radius 2 is 2.04 bits per heavy atom. The molecule has 0 bridgehead atoms. The number of amidine groups is 1. The van der Waals surface area contributed by atoms with Crippen LogP contribution in [-0.4, -0.2) is 27.8 Å². The van der Waals surface area contributed by atoms with Crippen molar-refractivity contribution in [3.8, 4) is 5.75 Å². The average molecular weight is 386 g/mol. The number of phenolic OH excluding ortho intramolecular Hbond substituents is 1. The molecule has 1 atom stereocenters. The van der Waals surface area contributed by atoms with E-state index < -0.39 is 0 Å². The molecule has 0 aliphatic carbocycles. The molecular formula is C18H16BrN3O2. The van der Waals surface area contributed by atoms with Crippen molar-refractivity contribution in [3.05, 3.63) is 52.5 Å². The summed E-state index contributed by atoms with van der Waals surface area (Å²) < 4.78 is 1.02. The van der Waals surface area contributed by atoms with Gasteiger partial charge in [-0.05, 0) is 54.4 Å². The summed E-state index contributed by atoms with van der Waals surface area (Å²) in [6.07, 6.45) is 1.57. The molecule has 1 amide bonds. The average Bonchev–Trinajstić information content (AvgIpc) is 2.97. The summed E-state index contributed by atoms with van der Waals surface area (Å²) in [5.41, 5.74) is 2.80. The summed E-state index contributed by atoms with van der Waals surface area (Å²) in [5, 5.41) is 12.3. The second kappa shape index (κ2) is 5.94. The molecule has 2 aliphatic heterocycles. The van der Waals surface area contributed by atoms with E-state index in [2.05, 4.69) is 32.2 Å². The predicted octanol–water partition coefficient (Wildman–Crippen LogP) is 3.80. The lowest BCUT2D eigenvalue weighted by atomic mass is 10.1. The minimum Gasteiger partial charge on any atom is -0.508 e. The maximum atomic E-state index is 12.7. The van der Waals surface area contributed by atoms with Gasteiger partial charge in [-0.25, -0.2) is 4.99 Å². The van der Waals surface area contributed by atoms with Crippen LogP contribution in [0.2, 0.25) is 0 Å². The second-order valence-corrected chi connectivity index (χ2v) is 6.94. The van der Waals surface area contributed by atoms with E-state index in [9.17, 15) is 9.90 Å². The van der Waals surface area contributed by atoms with E-state index in [0.29, 0.717) is 12.2 Å². The highest BCUT2D eigenvalue weighted by Crippen LogP contribution is 2.35. The number of nitrogens with one attached hydrogen (secondary N) is 1. The Hall–Kier alpha value is -2.34. The molecule has 2 aliphatic rings. The topological polar surface area (TPSA) is 64.9 Å². The molecule has 0 spiro atoms. The normalized spacial score (nSPS) is 18.6. The van der Waals surface area contributed by atoms with Crippen LogP contribution in [0, 0.1) is 0 Å². The van der Waals surface area contributed by atoms with Gasteiger partial charge in [0.25, 0.3) is 0 Å². The molecule has 2 heterocycles. The molecule has 0 aromatic heterocycles. The van der Waals surface area contributed by atoms with Gasteiger partial charge >= 0.3 is 0 Å². The van der Waals surface area contributed by atoms with Gasteiger partial charge in [-0.2, -0.15) is 0 Å². The predicted molar refractivity (Wildman–Crippen MR) is 96.5 cm³/mol. The lowest BCUT2D eigenvalue weighted by Gasteiger charge is -2.30. The number of fused-ring (bicyclic) bond motifs is 2. The van der Waals surface area contributed by atoms with Gasteiger partial charge in [0.05, 0.1) is 5.69 Å². The maximum absolute atomic E-state index is 12.7. The molecule has 2 N–H and O–H groups in total. The number of anilines is 1. The van der Waals surface area contributed by atoms with Crippen molar-refractivity contribution < 1.29 is 9.90 Å². The number of aliphatic imine (C=N–C) groups is 1. The van der Waals surface area contributed by atoms with Crippen LogP contribution in [0.4, 0.5) is 11.4 Å². The Kier molecular flexibility index (Phi) is 3.76. The summed E-state index contributed by atoms with van der Waals surface area (Å²) in [7, 11) is 0. The quantitative estimate of drug-likeness (QED) is 0.772. The smallest absolute Gasteiger partial charge is 0.247 e. The highest BCUT2D eigenvalue weighted by Gasteiger charge is 2.36. The number of benzene rings is 2. The van der Waals surface area contributed by atoms with Gasteiger partial charge in [0.15, 0.2) is 0 Å². The van der Waals surface area contributed by atoms with Crippen molar-refractivity contribution in [1.29, 1.82) is 0 Å². The molecule has 1 fully saturated rings. The zero-order valence-electron chi connectivity index (χ0n) is 12.9. The first-order chi connectivity index (χ1) is 11.6. The summed E-state index contributed by atoms with van der Waals surface area (Å²) in [5.74, 6) is 1.13. The SMILES string of the molecule is O=C(Nc1ccc(O)cc1)[C@H]1CCC2=Nc3ccc(Br)cc3CN21. The van der Waals surface area contributed by atoms with Crippen molar-refractivity contribution in [1.82, 2.24) is 4.90 Å². The van der Waals surface area contributed by atoms with Crippen molar-refractivity contribution in [2.75, 3.05) is 5.32 Å². The van der Waals surface area contributed by atoms with Gasteiger partial charge in [-0.3, -0.25) is 4.79 Å². The molecule has 1 saturated heterocycles. The van der Waals surface area contributed by atoms with Crippen molar-refractivity contribution >= 4 is 39.0 Å². The van der Waals surface area contributed by atoms with Gasteiger partial charge in [0, 0.05) is 23.1 Å². The van der Waals surface area contributed by atoms with Crippen LogP contribution in [0.15, 0.2) is 51.9 Å². The maximum Gasteiger partial charge on any atom is 0.247 e. The number of phenols is 1. The summed E-state index contributed by atoms with van der Waals surface area (Å²) in [6, 6.07) is 12.3. The monoisotopic (exact) mass is 385 g/mol. The fraction of sp³-hybridized carbons (Fsp3) is 0.222. The van der Waals surface area contributed by atoms with Gasteiger partial charge in [0.1, 0.15) is 17.6 Å². The number of hydrogen-bond donors (Lipinski definition) is 2. The fourth-order valence-electron chi connectivity index (χ4n) is 3.22. The van der Waals surface area contributed by atoms with E-state index >= 15 is 0 Å². The molecule has 0 radical (unpaired) electrons. The molecule has 2 aromatic rings. The van der Waals surface area contributed by atoms with Crippen LogP contribution in [0.5, 0.6) is 5.75 Å². The standard InChI is InChI=1S/C18H16BrN3O2/c19-12-1-6-15-11(9-12)10-22-16(7-8-17(22)21-15)18(24)20-13-2-4-14(23)5-3-13/h1-6,9,16,23H,7-8,10H2,(H,20,24)/t16-/m1/s1. The summed E-state index contributed by atoms with van der Waals surface area (Å²) in [4.78, 5) is 19.5. The van der Waals surface area contributed by atoms with Crippen molar-refractivity contribution in [2.24, 2.45) is 4.99 Å². The lowest BCUT2D eigenvalue weighted by molar-refractivity contribution is -0.119. The van der Waals surface area contributed by atoms with Crippen molar-refractivity contribution in [2.45, 2.75) is 25.4 Å². The minimum absolute atomic E-state index is 0.0377. The Morgan fingerprint density at radius 3 is 2.83 bits per heavy atom. The second-order valence-electron chi connectivity index (χ2n) is 6.02. The first-order valence-electron chi connectivity index (χ1n) is 7.83. The first kappa shape index (κ1) is 15.2. The highest BCUT2D eigenvalue weighted by atomic mass is 79.9. The van der Waals surface area contributed by atoms with E-state index in [4.69, 9.17) is 4.99 Å². The molecule has 2 aromatic carbocycles. The Morgan fingerprint density at radius 1 is 1.25 bits per heavy atom. The van der Waals surface area contributed by atoms with Gasteiger partial charge in [-0.15, -0.1) is 0 Å². The van der Waals surface area contributed by atoms with Crippen LogP contribution in [0.3, 0.4) is 0 Å². The van der Waals surface area contributed by atoms with E-state index in [-0.39, 0.29) is 17.7 Å². The van der Waals surface area contributed by atoms with E-state index in [0.717, 1.165) is 34.4 Å². The van der Waals surface area contributed by atoms with E-state index in [1.807, 2.05) is 12.1 Å². The van der Waals surface area contributed by atoms with E-state index in [1.54, 1.807) is 24.3 Å². The number of halogens is 1. The first-order valence-corrected chi connectivity index (χ1v) is 8.62. The zero-order chi connectivity index (χ0) is 16.7. The third-order valence-corrected chi connectivity index (χ3v) is 4.91. The van der Waals surface area contributed by atoms with Crippen LogP contribution in [0.1, 0.15) is 18.4 Å². The van der Waals surface area contributed by atoms with Crippen molar-refractivity contribution in [3.63, 3.8) is 0 Å². The van der Waals surface area contributed by atoms with Crippen LogP contribution in [-0.2, 0) is 11.3 Å². The van der Waals surface area contributed by atoms with Gasteiger partial charge < -0.3 is 15.3 Å².